The van der Waals surface area contributed by atoms with Crippen LogP contribution in [0.5, 0.6) is 5.75 Å². The lowest BCUT2D eigenvalue weighted by Gasteiger charge is -2.12. The van der Waals surface area contributed by atoms with Crippen molar-refractivity contribution in [3.8, 4) is 5.75 Å². The second kappa shape index (κ2) is 8.25. The fourth-order valence-corrected chi connectivity index (χ4v) is 2.59. The lowest BCUT2D eigenvalue weighted by Crippen LogP contribution is -2.05. The van der Waals surface area contributed by atoms with Crippen molar-refractivity contribution in [2.75, 3.05) is 10.6 Å². The Kier molecular flexibility index (Phi) is 5.81. The Morgan fingerprint density at radius 3 is 2.46 bits per heavy atom. The van der Waals surface area contributed by atoms with Gasteiger partial charge in [0.15, 0.2) is 0 Å². The molecule has 3 aromatic rings. The molecule has 0 saturated heterocycles. The number of nitrogens with one attached hydrogen (secondary N) is 2. The molecule has 0 radical (unpaired) electrons. The number of ether oxygens (including phenoxy) is 1. The normalized spacial score (nSPS) is 10.7. The highest BCUT2D eigenvalue weighted by molar-refractivity contribution is 6.43. The van der Waals surface area contributed by atoms with E-state index in [1.165, 1.54) is 0 Å². The van der Waals surface area contributed by atoms with E-state index in [0.29, 0.717) is 27.5 Å². The van der Waals surface area contributed by atoms with Crippen molar-refractivity contribution in [2.24, 2.45) is 0 Å². The molecule has 3 rings (SSSR count). The maximum Gasteiger partial charge on any atom is 0.229 e. The van der Waals surface area contributed by atoms with Gasteiger partial charge in [0.2, 0.25) is 5.95 Å². The van der Waals surface area contributed by atoms with Crippen molar-refractivity contribution in [1.29, 1.82) is 0 Å². The quantitative estimate of drug-likeness (QED) is 0.537. The van der Waals surface area contributed by atoms with E-state index >= 15 is 0 Å². The number of hydrogen-bond acceptors (Lipinski definition) is 5. The minimum absolute atomic E-state index is 0.137. The van der Waals surface area contributed by atoms with Gasteiger partial charge in [0, 0.05) is 11.9 Å². The molecule has 0 spiro atoms. The summed E-state index contributed by atoms with van der Waals surface area (Å²) in [7, 11) is 0. The van der Waals surface area contributed by atoms with Crippen molar-refractivity contribution in [1.82, 2.24) is 9.97 Å². The van der Waals surface area contributed by atoms with Crippen molar-refractivity contribution >= 4 is 46.3 Å². The number of anilines is 4. The summed E-state index contributed by atoms with van der Waals surface area (Å²) in [5.41, 5.74) is 1.54. The first kappa shape index (κ1) is 18.3. The van der Waals surface area contributed by atoms with Gasteiger partial charge in [0.05, 0.1) is 21.8 Å². The van der Waals surface area contributed by atoms with E-state index in [4.69, 9.17) is 27.9 Å². The number of nitrogens with zero attached hydrogens (tertiary/aromatic N) is 2. The molecule has 0 aliphatic carbocycles. The number of aromatic nitrogens is 2. The highest BCUT2D eigenvalue weighted by Crippen LogP contribution is 2.31. The molecule has 2 aromatic carbocycles. The average molecular weight is 389 g/mol. The van der Waals surface area contributed by atoms with E-state index in [9.17, 15) is 0 Å². The minimum atomic E-state index is 0.137. The molecule has 0 aliphatic heterocycles. The van der Waals surface area contributed by atoms with Crippen LogP contribution in [0.4, 0.5) is 23.1 Å². The summed E-state index contributed by atoms with van der Waals surface area (Å²) >= 11 is 12.2. The predicted octanol–water partition coefficient (Wildman–Crippen LogP) is 6.06. The molecule has 0 amide bonds. The van der Waals surface area contributed by atoms with Gasteiger partial charge in [-0.05, 0) is 56.3 Å². The van der Waals surface area contributed by atoms with Crippen LogP contribution in [-0.4, -0.2) is 16.1 Å². The van der Waals surface area contributed by atoms with Crippen LogP contribution in [0, 0.1) is 0 Å². The third-order valence-electron chi connectivity index (χ3n) is 3.35. The fourth-order valence-electron chi connectivity index (χ4n) is 2.24. The smallest absolute Gasteiger partial charge is 0.229 e. The van der Waals surface area contributed by atoms with Crippen molar-refractivity contribution in [2.45, 2.75) is 20.0 Å². The monoisotopic (exact) mass is 388 g/mol. The lowest BCUT2D eigenvalue weighted by atomic mass is 10.3. The van der Waals surface area contributed by atoms with Crippen LogP contribution in [0.3, 0.4) is 0 Å². The Labute approximate surface area is 162 Å². The molecule has 0 unspecified atom stereocenters. The molecule has 7 heteroatoms. The van der Waals surface area contributed by atoms with Crippen LogP contribution in [0.25, 0.3) is 0 Å². The molecule has 26 heavy (non-hydrogen) atoms. The predicted molar refractivity (Wildman–Crippen MR) is 107 cm³/mol. The molecule has 0 saturated carbocycles. The van der Waals surface area contributed by atoms with Crippen molar-refractivity contribution in [3.05, 3.63) is 64.8 Å². The largest absolute Gasteiger partial charge is 0.491 e. The van der Waals surface area contributed by atoms with Gasteiger partial charge in [0.25, 0.3) is 0 Å². The summed E-state index contributed by atoms with van der Waals surface area (Å²) in [5, 5.41) is 7.23. The average Bonchev–Trinajstić information content (AvgIpc) is 2.61. The van der Waals surface area contributed by atoms with E-state index < -0.39 is 0 Å². The second-order valence-corrected chi connectivity index (χ2v) is 6.59. The summed E-state index contributed by atoms with van der Waals surface area (Å²) < 4.78 is 5.63. The number of benzene rings is 2. The third kappa shape index (κ3) is 4.77. The van der Waals surface area contributed by atoms with Gasteiger partial charge in [-0.2, -0.15) is 4.98 Å². The first-order chi connectivity index (χ1) is 12.5. The lowest BCUT2D eigenvalue weighted by molar-refractivity contribution is 0.242. The second-order valence-electron chi connectivity index (χ2n) is 5.81. The molecular weight excluding hydrogens is 371 g/mol. The van der Waals surface area contributed by atoms with Crippen LogP contribution in [0.15, 0.2) is 54.7 Å². The van der Waals surface area contributed by atoms with Gasteiger partial charge >= 0.3 is 0 Å². The van der Waals surface area contributed by atoms with Crippen LogP contribution in [0.1, 0.15) is 13.8 Å². The standard InChI is InChI=1S/C19H18Cl2N4O/c1-12(2)26-14-8-6-13(7-9-14)23-19-22-11-10-17(25-19)24-16-5-3-4-15(20)18(16)21/h3-12H,1-2H3,(H2,22,23,24,25). The molecule has 5 nitrogen and oxygen atoms in total. The molecule has 1 heterocycles. The van der Waals surface area contributed by atoms with Gasteiger partial charge in [-0.3, -0.25) is 0 Å². The number of hydrogen-bond donors (Lipinski definition) is 2. The molecule has 134 valence electrons. The highest BCUT2D eigenvalue weighted by Gasteiger charge is 2.06. The van der Waals surface area contributed by atoms with Crippen LogP contribution >= 0.6 is 23.2 Å². The maximum atomic E-state index is 6.20. The fraction of sp³-hybridized carbons (Fsp3) is 0.158. The minimum Gasteiger partial charge on any atom is -0.491 e. The molecule has 2 N–H and O–H groups in total. The number of rotatable bonds is 6. The van der Waals surface area contributed by atoms with E-state index in [-0.39, 0.29) is 6.10 Å². The zero-order valence-corrected chi connectivity index (χ0v) is 15.8. The Morgan fingerprint density at radius 1 is 0.962 bits per heavy atom. The van der Waals surface area contributed by atoms with Gasteiger partial charge in [-0.1, -0.05) is 29.3 Å². The van der Waals surface area contributed by atoms with E-state index in [2.05, 4.69) is 20.6 Å². The highest BCUT2D eigenvalue weighted by atomic mass is 35.5. The van der Waals surface area contributed by atoms with Crippen molar-refractivity contribution in [3.63, 3.8) is 0 Å². The van der Waals surface area contributed by atoms with E-state index in [1.54, 1.807) is 18.3 Å². The molecule has 0 fully saturated rings. The summed E-state index contributed by atoms with van der Waals surface area (Å²) in [4.78, 5) is 8.67. The SMILES string of the molecule is CC(C)Oc1ccc(Nc2nccc(Nc3cccc(Cl)c3Cl)n2)cc1. The van der Waals surface area contributed by atoms with Gasteiger partial charge in [-0.15, -0.1) is 0 Å². The molecule has 0 bridgehead atoms. The maximum absolute atomic E-state index is 6.20. The molecule has 0 aliphatic rings. The third-order valence-corrected chi connectivity index (χ3v) is 4.17. The summed E-state index contributed by atoms with van der Waals surface area (Å²) in [5.74, 6) is 1.88. The first-order valence-electron chi connectivity index (χ1n) is 8.09. The summed E-state index contributed by atoms with van der Waals surface area (Å²) in [6.07, 6.45) is 1.80. The molecular formula is C19H18Cl2N4O. The van der Waals surface area contributed by atoms with E-state index in [1.807, 2.05) is 50.2 Å². The number of halogens is 2. The summed E-state index contributed by atoms with van der Waals surface area (Å²) in [6, 6.07) is 14.8. The molecule has 0 atom stereocenters. The Hall–Kier alpha value is -2.50. The van der Waals surface area contributed by atoms with Crippen LogP contribution in [-0.2, 0) is 0 Å². The van der Waals surface area contributed by atoms with Gasteiger partial charge in [0.1, 0.15) is 11.6 Å². The Balaban J connectivity index is 1.72. The Morgan fingerprint density at radius 2 is 1.73 bits per heavy atom. The first-order valence-corrected chi connectivity index (χ1v) is 8.84. The van der Waals surface area contributed by atoms with Crippen LogP contribution in [0.2, 0.25) is 10.0 Å². The van der Waals surface area contributed by atoms with Gasteiger partial charge in [-0.25, -0.2) is 4.98 Å². The van der Waals surface area contributed by atoms with Crippen molar-refractivity contribution < 1.29 is 4.74 Å². The zero-order valence-electron chi connectivity index (χ0n) is 14.3. The molecule has 1 aromatic heterocycles. The van der Waals surface area contributed by atoms with Gasteiger partial charge < -0.3 is 15.4 Å². The topological polar surface area (TPSA) is 59.1 Å². The van der Waals surface area contributed by atoms with Crippen LogP contribution < -0.4 is 15.4 Å². The summed E-state index contributed by atoms with van der Waals surface area (Å²) in [6.45, 7) is 3.98. The van der Waals surface area contributed by atoms with E-state index in [0.717, 1.165) is 11.4 Å². The Bertz CT molecular complexity index is 885. The zero-order chi connectivity index (χ0) is 18.5.